The fraction of sp³-hybridized carbons (Fsp3) is 0.200. The van der Waals surface area contributed by atoms with Crippen LogP contribution in [0.5, 0.6) is 5.75 Å². The molecule has 20 heavy (non-hydrogen) atoms. The first-order valence-electron chi connectivity index (χ1n) is 6.21. The number of benzene rings is 2. The van der Waals surface area contributed by atoms with E-state index >= 15 is 0 Å². The average molecular weight is 296 g/mol. The first kappa shape index (κ1) is 13.3. The molecule has 2 atom stereocenters. The van der Waals surface area contributed by atoms with Crippen LogP contribution < -0.4 is 10.5 Å². The molecule has 0 saturated heterocycles. The van der Waals surface area contributed by atoms with Gasteiger partial charge in [0.15, 0.2) is 11.6 Å². The maximum absolute atomic E-state index is 13.3. The lowest BCUT2D eigenvalue weighted by Crippen LogP contribution is -2.30. The molecule has 0 radical (unpaired) electrons. The van der Waals surface area contributed by atoms with Crippen molar-refractivity contribution in [1.82, 2.24) is 0 Å². The smallest absolute Gasteiger partial charge is 0.160 e. The Morgan fingerprint density at radius 3 is 2.65 bits per heavy atom. The summed E-state index contributed by atoms with van der Waals surface area (Å²) in [6.45, 7) is 0. The van der Waals surface area contributed by atoms with Crippen LogP contribution in [-0.2, 0) is 6.42 Å². The number of hydrogen-bond donors (Lipinski definition) is 1. The van der Waals surface area contributed by atoms with Crippen LogP contribution in [0.25, 0.3) is 0 Å². The van der Waals surface area contributed by atoms with Crippen molar-refractivity contribution in [2.24, 2.45) is 5.73 Å². The van der Waals surface area contributed by atoms with E-state index in [1.54, 1.807) is 0 Å². The number of hydrogen-bond acceptors (Lipinski definition) is 2. The lowest BCUT2D eigenvalue weighted by molar-refractivity contribution is 0.199. The van der Waals surface area contributed by atoms with Crippen LogP contribution in [0.4, 0.5) is 8.78 Å². The predicted octanol–water partition coefficient (Wildman–Crippen LogP) is 3.62. The van der Waals surface area contributed by atoms with E-state index in [1.165, 1.54) is 0 Å². The van der Waals surface area contributed by atoms with E-state index in [0.29, 0.717) is 12.0 Å². The van der Waals surface area contributed by atoms with Gasteiger partial charge >= 0.3 is 0 Å². The van der Waals surface area contributed by atoms with Crippen LogP contribution in [0.1, 0.15) is 17.2 Å². The van der Waals surface area contributed by atoms with Crippen LogP contribution in [-0.4, -0.2) is 6.10 Å². The zero-order valence-corrected chi connectivity index (χ0v) is 11.2. The number of para-hydroxylation sites is 1. The predicted molar refractivity (Wildman–Crippen MR) is 72.9 cm³/mol. The number of nitrogens with two attached hydrogens (primary N) is 1. The lowest BCUT2D eigenvalue weighted by atomic mass is 9.98. The van der Waals surface area contributed by atoms with Gasteiger partial charge in [0.1, 0.15) is 11.9 Å². The number of halogens is 3. The maximum Gasteiger partial charge on any atom is 0.160 e. The summed E-state index contributed by atoms with van der Waals surface area (Å²) in [4.78, 5) is 0. The summed E-state index contributed by atoms with van der Waals surface area (Å²) in [5, 5.41) is 0.107. The average Bonchev–Trinajstić information content (AvgIpc) is 2.86. The second-order valence-electron chi connectivity index (χ2n) is 4.78. The lowest BCUT2D eigenvalue weighted by Gasteiger charge is -2.20. The molecule has 104 valence electrons. The second kappa shape index (κ2) is 5.04. The summed E-state index contributed by atoms with van der Waals surface area (Å²) < 4.78 is 32.2. The highest BCUT2D eigenvalue weighted by atomic mass is 35.5. The Morgan fingerprint density at radius 1 is 1.20 bits per heavy atom. The van der Waals surface area contributed by atoms with Gasteiger partial charge in [-0.2, -0.15) is 0 Å². The SMILES string of the molecule is NC(c1cc(F)c(F)cc1Cl)C1Cc2ccccc2O1. The van der Waals surface area contributed by atoms with Crippen molar-refractivity contribution in [2.75, 3.05) is 0 Å². The van der Waals surface area contributed by atoms with Crippen molar-refractivity contribution in [3.05, 3.63) is 64.2 Å². The van der Waals surface area contributed by atoms with Crippen LogP contribution in [0.2, 0.25) is 5.02 Å². The first-order valence-corrected chi connectivity index (χ1v) is 6.58. The Bertz CT molecular complexity index is 637. The van der Waals surface area contributed by atoms with E-state index in [2.05, 4.69) is 0 Å². The van der Waals surface area contributed by atoms with E-state index < -0.39 is 17.7 Å². The minimum atomic E-state index is -0.985. The Kier molecular flexibility index (Phi) is 3.36. The molecule has 0 amide bonds. The Morgan fingerprint density at radius 2 is 1.90 bits per heavy atom. The molecule has 1 aliphatic heterocycles. The quantitative estimate of drug-likeness (QED) is 0.859. The maximum atomic E-state index is 13.3. The zero-order chi connectivity index (χ0) is 14.3. The molecule has 5 heteroatoms. The molecule has 3 rings (SSSR count). The molecular weight excluding hydrogens is 284 g/mol. The second-order valence-corrected chi connectivity index (χ2v) is 5.19. The molecule has 2 nitrogen and oxygen atoms in total. The largest absolute Gasteiger partial charge is 0.488 e. The molecule has 1 heterocycles. The van der Waals surface area contributed by atoms with Crippen LogP contribution in [0, 0.1) is 11.6 Å². The summed E-state index contributed by atoms with van der Waals surface area (Å²) in [5.74, 6) is -1.18. The normalized spacial score (nSPS) is 18.5. The van der Waals surface area contributed by atoms with Gasteiger partial charge in [0.2, 0.25) is 0 Å². The number of ether oxygens (including phenoxy) is 1. The third kappa shape index (κ3) is 2.25. The summed E-state index contributed by atoms with van der Waals surface area (Å²) in [5.41, 5.74) is 7.50. The highest BCUT2D eigenvalue weighted by Gasteiger charge is 2.30. The van der Waals surface area contributed by atoms with Gasteiger partial charge in [-0.15, -0.1) is 0 Å². The third-order valence-corrected chi connectivity index (χ3v) is 3.80. The Hall–Kier alpha value is -1.65. The van der Waals surface area contributed by atoms with Gasteiger partial charge in [0.05, 0.1) is 6.04 Å². The summed E-state index contributed by atoms with van der Waals surface area (Å²) in [6.07, 6.45) is 0.280. The molecule has 0 aliphatic carbocycles. The molecule has 2 aromatic carbocycles. The Balaban J connectivity index is 1.88. The molecule has 0 saturated carbocycles. The molecule has 2 unspecified atom stereocenters. The molecule has 2 N–H and O–H groups in total. The van der Waals surface area contributed by atoms with Crippen molar-refractivity contribution >= 4 is 11.6 Å². The zero-order valence-electron chi connectivity index (χ0n) is 10.4. The molecule has 2 aromatic rings. The van der Waals surface area contributed by atoms with Crippen molar-refractivity contribution in [3.63, 3.8) is 0 Å². The molecule has 0 spiro atoms. The monoisotopic (exact) mass is 295 g/mol. The number of rotatable bonds is 2. The first-order chi connectivity index (χ1) is 9.56. The minimum Gasteiger partial charge on any atom is -0.488 e. The fourth-order valence-electron chi connectivity index (χ4n) is 2.40. The van der Waals surface area contributed by atoms with Crippen LogP contribution in [0.15, 0.2) is 36.4 Å². The molecule has 1 aliphatic rings. The standard InChI is InChI=1S/C15H12ClF2NO/c16-10-7-12(18)11(17)6-9(10)15(19)14-5-8-3-1-2-4-13(8)20-14/h1-4,6-7,14-15H,5,19H2. The van der Waals surface area contributed by atoms with E-state index in [0.717, 1.165) is 23.4 Å². The van der Waals surface area contributed by atoms with Gasteiger partial charge in [-0.3, -0.25) is 0 Å². The van der Waals surface area contributed by atoms with E-state index in [4.69, 9.17) is 22.1 Å². The van der Waals surface area contributed by atoms with Gasteiger partial charge in [-0.05, 0) is 29.3 Å². The van der Waals surface area contributed by atoms with Gasteiger partial charge in [-0.25, -0.2) is 8.78 Å². The van der Waals surface area contributed by atoms with E-state index in [-0.39, 0.29) is 11.1 Å². The number of fused-ring (bicyclic) bond motifs is 1. The van der Waals surface area contributed by atoms with E-state index in [9.17, 15) is 8.78 Å². The Labute approximate surface area is 120 Å². The fourth-order valence-corrected chi connectivity index (χ4v) is 2.68. The topological polar surface area (TPSA) is 35.2 Å². The highest BCUT2D eigenvalue weighted by molar-refractivity contribution is 6.31. The van der Waals surface area contributed by atoms with Crippen molar-refractivity contribution in [3.8, 4) is 5.75 Å². The molecule has 0 aromatic heterocycles. The minimum absolute atomic E-state index is 0.107. The summed E-state index contributed by atoms with van der Waals surface area (Å²) in [7, 11) is 0. The molecule has 0 fully saturated rings. The van der Waals surface area contributed by atoms with Crippen molar-refractivity contribution < 1.29 is 13.5 Å². The third-order valence-electron chi connectivity index (χ3n) is 3.47. The van der Waals surface area contributed by atoms with Gasteiger partial charge in [-0.1, -0.05) is 29.8 Å². The molecular formula is C15H12ClF2NO. The van der Waals surface area contributed by atoms with Gasteiger partial charge < -0.3 is 10.5 Å². The van der Waals surface area contributed by atoms with Gasteiger partial charge in [0.25, 0.3) is 0 Å². The highest BCUT2D eigenvalue weighted by Crippen LogP contribution is 2.35. The summed E-state index contributed by atoms with van der Waals surface area (Å²) in [6, 6.07) is 8.95. The van der Waals surface area contributed by atoms with Crippen molar-refractivity contribution in [2.45, 2.75) is 18.6 Å². The van der Waals surface area contributed by atoms with Gasteiger partial charge in [0, 0.05) is 11.4 Å². The van der Waals surface area contributed by atoms with Crippen LogP contribution >= 0.6 is 11.6 Å². The van der Waals surface area contributed by atoms with Crippen molar-refractivity contribution in [1.29, 1.82) is 0 Å². The summed E-state index contributed by atoms with van der Waals surface area (Å²) >= 11 is 5.94. The van der Waals surface area contributed by atoms with E-state index in [1.807, 2.05) is 24.3 Å². The van der Waals surface area contributed by atoms with Crippen LogP contribution in [0.3, 0.4) is 0 Å². The molecule has 0 bridgehead atoms.